The Morgan fingerprint density at radius 3 is 2.79 bits per heavy atom. The highest BCUT2D eigenvalue weighted by Crippen LogP contribution is 2.26. The maximum atomic E-state index is 6.23. The lowest BCUT2D eigenvalue weighted by molar-refractivity contribution is 0.378. The average molecular weight is 416 g/mol. The minimum atomic E-state index is 0.692. The molecule has 2 N–H and O–H groups in total. The number of para-hydroxylation sites is 1. The normalized spacial score (nSPS) is 10.9. The summed E-state index contributed by atoms with van der Waals surface area (Å²) in [6, 6.07) is 14.0. The Balaban J connectivity index is 1.83. The number of hydrogen-bond acceptors (Lipinski definition) is 2. The molecule has 2 aromatic carbocycles. The fraction of sp³-hybridized carbons (Fsp3) is 0.318. The van der Waals surface area contributed by atoms with Gasteiger partial charge in [-0.2, -0.15) is 0 Å². The van der Waals surface area contributed by atoms with Crippen LogP contribution in [0.4, 0.5) is 0 Å². The predicted octanol–water partition coefficient (Wildman–Crippen LogP) is 5.08. The summed E-state index contributed by atoms with van der Waals surface area (Å²) in [5.41, 5.74) is 4.68. The fourth-order valence-electron chi connectivity index (χ4n) is 3.48. The van der Waals surface area contributed by atoms with E-state index >= 15 is 0 Å². The highest BCUT2D eigenvalue weighted by Gasteiger charge is 2.15. The lowest BCUT2D eigenvalue weighted by atomic mass is 10.1. The van der Waals surface area contributed by atoms with E-state index in [4.69, 9.17) is 28.6 Å². The number of aromatic amines is 1. The summed E-state index contributed by atoms with van der Waals surface area (Å²) < 4.78 is 5.52. The molecule has 0 amide bonds. The molecule has 1 aromatic heterocycles. The number of nitrogens with zero attached hydrogens (tertiary/aromatic N) is 1. The summed E-state index contributed by atoms with van der Waals surface area (Å²) in [5.74, 6) is 0.877. The second-order valence-electron chi connectivity index (χ2n) is 6.74. The van der Waals surface area contributed by atoms with Crippen LogP contribution in [0.25, 0.3) is 10.9 Å². The number of aromatic nitrogens is 1. The van der Waals surface area contributed by atoms with E-state index in [1.807, 2.05) is 36.4 Å². The van der Waals surface area contributed by atoms with E-state index in [1.165, 1.54) is 16.6 Å². The Kier molecular flexibility index (Phi) is 6.81. The number of methoxy groups -OCH3 is 1. The van der Waals surface area contributed by atoms with Crippen molar-refractivity contribution in [1.82, 2.24) is 15.2 Å². The van der Waals surface area contributed by atoms with Gasteiger partial charge in [-0.05, 0) is 62.3 Å². The van der Waals surface area contributed by atoms with Crippen LogP contribution in [0, 0.1) is 6.92 Å². The molecule has 0 aliphatic carbocycles. The van der Waals surface area contributed by atoms with Crippen LogP contribution in [0.5, 0.6) is 5.75 Å². The summed E-state index contributed by atoms with van der Waals surface area (Å²) >= 11 is 11.9. The number of thiocarbonyl (C=S) groups is 1. The van der Waals surface area contributed by atoms with E-state index in [2.05, 4.69) is 35.1 Å². The van der Waals surface area contributed by atoms with Crippen molar-refractivity contribution in [3.05, 3.63) is 64.3 Å². The molecule has 0 saturated heterocycles. The van der Waals surface area contributed by atoms with E-state index < -0.39 is 0 Å². The number of rotatable bonds is 7. The van der Waals surface area contributed by atoms with Crippen LogP contribution < -0.4 is 10.1 Å². The fourth-order valence-corrected chi connectivity index (χ4v) is 3.95. The summed E-state index contributed by atoms with van der Waals surface area (Å²) in [4.78, 5) is 5.65. The van der Waals surface area contributed by atoms with Gasteiger partial charge < -0.3 is 19.9 Å². The second kappa shape index (κ2) is 9.30. The molecule has 1 heterocycles. The van der Waals surface area contributed by atoms with Gasteiger partial charge in [0.2, 0.25) is 0 Å². The molecule has 0 bridgehead atoms. The van der Waals surface area contributed by atoms with Crippen LogP contribution in [0.3, 0.4) is 0 Å². The van der Waals surface area contributed by atoms with Crippen molar-refractivity contribution < 1.29 is 4.74 Å². The van der Waals surface area contributed by atoms with Crippen LogP contribution in [0.15, 0.2) is 42.5 Å². The number of benzene rings is 2. The first-order chi connectivity index (χ1) is 13.5. The quantitative estimate of drug-likeness (QED) is 0.528. The molecule has 0 fully saturated rings. The monoisotopic (exact) mass is 415 g/mol. The molecular formula is C22H26ClN3OS. The first kappa shape index (κ1) is 20.5. The first-order valence-corrected chi connectivity index (χ1v) is 10.2. The Labute approximate surface area is 176 Å². The third-order valence-electron chi connectivity index (χ3n) is 4.88. The van der Waals surface area contributed by atoms with Crippen LogP contribution in [-0.4, -0.2) is 35.2 Å². The second-order valence-corrected chi connectivity index (χ2v) is 7.56. The maximum absolute atomic E-state index is 6.23. The number of ether oxygens (including phenoxy) is 1. The van der Waals surface area contributed by atoms with Gasteiger partial charge in [0, 0.05) is 46.8 Å². The molecule has 6 heteroatoms. The highest BCUT2D eigenvalue weighted by atomic mass is 35.5. The summed E-state index contributed by atoms with van der Waals surface area (Å²) in [7, 11) is 1.70. The Morgan fingerprint density at radius 2 is 2.04 bits per heavy atom. The number of H-pyrrole nitrogens is 1. The largest absolute Gasteiger partial charge is 0.496 e. The van der Waals surface area contributed by atoms with Crippen molar-refractivity contribution in [1.29, 1.82) is 0 Å². The van der Waals surface area contributed by atoms with Crippen LogP contribution in [0.1, 0.15) is 23.7 Å². The number of halogens is 1. The standard InChI is InChI=1S/C22H26ClN3OS/c1-4-24-22(28)26(14-16-7-5-6-8-21(16)27-3)12-11-18-15(2)25-20-10-9-17(23)13-19(18)20/h5-10,13,25H,4,11-12,14H2,1-3H3,(H,24,28). The van der Waals surface area contributed by atoms with Crippen molar-refractivity contribution >= 4 is 39.8 Å². The van der Waals surface area contributed by atoms with E-state index in [0.29, 0.717) is 6.54 Å². The van der Waals surface area contributed by atoms with Gasteiger partial charge in [-0.3, -0.25) is 0 Å². The maximum Gasteiger partial charge on any atom is 0.169 e. The molecular weight excluding hydrogens is 390 g/mol. The van der Waals surface area contributed by atoms with E-state index in [-0.39, 0.29) is 0 Å². The Bertz CT molecular complexity index is 970. The molecule has 0 radical (unpaired) electrons. The van der Waals surface area contributed by atoms with Crippen LogP contribution in [-0.2, 0) is 13.0 Å². The third kappa shape index (κ3) is 4.59. The zero-order valence-electron chi connectivity index (χ0n) is 16.5. The molecule has 0 atom stereocenters. The molecule has 148 valence electrons. The Hall–Kier alpha value is -2.24. The first-order valence-electron chi connectivity index (χ1n) is 9.44. The summed E-state index contributed by atoms with van der Waals surface area (Å²) in [5, 5.41) is 5.96. The lowest BCUT2D eigenvalue weighted by Gasteiger charge is -2.26. The van der Waals surface area contributed by atoms with Crippen molar-refractivity contribution in [2.45, 2.75) is 26.8 Å². The zero-order chi connectivity index (χ0) is 20.1. The summed E-state index contributed by atoms with van der Waals surface area (Å²) in [6.07, 6.45) is 0.868. The number of hydrogen-bond donors (Lipinski definition) is 2. The lowest BCUT2D eigenvalue weighted by Crippen LogP contribution is -2.40. The van der Waals surface area contributed by atoms with Gasteiger partial charge in [0.1, 0.15) is 5.75 Å². The number of nitrogens with one attached hydrogen (secondary N) is 2. The molecule has 28 heavy (non-hydrogen) atoms. The molecule has 0 aliphatic rings. The smallest absolute Gasteiger partial charge is 0.169 e. The van der Waals surface area contributed by atoms with Gasteiger partial charge in [0.15, 0.2) is 5.11 Å². The zero-order valence-corrected chi connectivity index (χ0v) is 18.1. The van der Waals surface area contributed by atoms with Gasteiger partial charge >= 0.3 is 0 Å². The number of aryl methyl sites for hydroxylation is 1. The van der Waals surface area contributed by atoms with Crippen molar-refractivity contribution in [3.8, 4) is 5.75 Å². The SMILES string of the molecule is CCNC(=S)N(CCc1c(C)[nH]c2ccc(Cl)cc12)Cc1ccccc1OC. The highest BCUT2D eigenvalue weighted by molar-refractivity contribution is 7.80. The van der Waals surface area contributed by atoms with E-state index in [1.54, 1.807) is 7.11 Å². The van der Waals surface area contributed by atoms with E-state index in [9.17, 15) is 0 Å². The van der Waals surface area contributed by atoms with Crippen molar-refractivity contribution in [3.63, 3.8) is 0 Å². The van der Waals surface area contributed by atoms with E-state index in [0.717, 1.165) is 46.5 Å². The van der Waals surface area contributed by atoms with Crippen molar-refractivity contribution in [2.75, 3.05) is 20.2 Å². The molecule has 3 aromatic rings. The van der Waals surface area contributed by atoms with Crippen molar-refractivity contribution in [2.24, 2.45) is 0 Å². The van der Waals surface area contributed by atoms with Crippen LogP contribution in [0.2, 0.25) is 5.02 Å². The molecule has 0 aliphatic heterocycles. The molecule has 0 saturated carbocycles. The minimum Gasteiger partial charge on any atom is -0.496 e. The Morgan fingerprint density at radius 1 is 1.25 bits per heavy atom. The molecule has 4 nitrogen and oxygen atoms in total. The van der Waals surface area contributed by atoms with Gasteiger partial charge in [0.05, 0.1) is 7.11 Å². The van der Waals surface area contributed by atoms with Crippen LogP contribution >= 0.6 is 23.8 Å². The summed E-state index contributed by atoms with van der Waals surface area (Å²) in [6.45, 7) is 6.45. The average Bonchev–Trinajstić information content (AvgIpc) is 3.00. The minimum absolute atomic E-state index is 0.692. The third-order valence-corrected chi connectivity index (χ3v) is 5.52. The van der Waals surface area contributed by atoms with Gasteiger partial charge in [-0.1, -0.05) is 29.8 Å². The van der Waals surface area contributed by atoms with Gasteiger partial charge in [-0.25, -0.2) is 0 Å². The van der Waals surface area contributed by atoms with Gasteiger partial charge in [-0.15, -0.1) is 0 Å². The number of fused-ring (bicyclic) bond motifs is 1. The topological polar surface area (TPSA) is 40.3 Å². The predicted molar refractivity (Wildman–Crippen MR) is 121 cm³/mol. The molecule has 0 spiro atoms. The van der Waals surface area contributed by atoms with Gasteiger partial charge in [0.25, 0.3) is 0 Å². The molecule has 3 rings (SSSR count). The molecule has 0 unspecified atom stereocenters.